The highest BCUT2D eigenvalue weighted by Crippen LogP contribution is 2.24. The number of carbonyl (C=O) groups is 1. The zero-order valence-corrected chi connectivity index (χ0v) is 12.0. The summed E-state index contributed by atoms with van der Waals surface area (Å²) >= 11 is 0. The van der Waals surface area contributed by atoms with Crippen LogP contribution in [0.1, 0.15) is 44.0 Å². The first-order chi connectivity index (χ1) is 9.11. The fourth-order valence-corrected chi connectivity index (χ4v) is 2.66. The predicted octanol–water partition coefficient (Wildman–Crippen LogP) is 2.77. The molecule has 0 radical (unpaired) electrons. The zero-order valence-electron chi connectivity index (χ0n) is 12.0. The number of hydrogen-bond donors (Lipinski definition) is 1. The Morgan fingerprint density at radius 1 is 1.53 bits per heavy atom. The molecule has 1 saturated heterocycles. The zero-order chi connectivity index (χ0) is 13.8. The first kappa shape index (κ1) is 13.8. The van der Waals surface area contributed by atoms with Crippen molar-refractivity contribution in [2.75, 3.05) is 18.4 Å². The second kappa shape index (κ2) is 6.04. The van der Waals surface area contributed by atoms with Gasteiger partial charge < -0.3 is 10.2 Å². The van der Waals surface area contributed by atoms with Crippen LogP contribution in [0.5, 0.6) is 0 Å². The van der Waals surface area contributed by atoms with Crippen molar-refractivity contribution in [2.24, 2.45) is 5.92 Å². The summed E-state index contributed by atoms with van der Waals surface area (Å²) in [5.41, 5.74) is 0.731. The van der Waals surface area contributed by atoms with Crippen molar-refractivity contribution in [3.63, 3.8) is 0 Å². The number of rotatable bonds is 4. The van der Waals surface area contributed by atoms with E-state index in [1.54, 1.807) is 12.3 Å². The minimum absolute atomic E-state index is 0.124. The van der Waals surface area contributed by atoms with Gasteiger partial charge in [-0.2, -0.15) is 0 Å². The molecular formula is C15H23N3O. The minimum Gasteiger partial charge on any atom is -0.370 e. The van der Waals surface area contributed by atoms with E-state index < -0.39 is 0 Å². The SMILES string of the molecule is CCCNc1cc(C(=O)N2CC(C)CC2C)ccn1. The number of nitrogens with one attached hydrogen (secondary N) is 1. The Balaban J connectivity index is 2.10. The summed E-state index contributed by atoms with van der Waals surface area (Å²) in [7, 11) is 0. The molecule has 1 N–H and O–H groups in total. The maximum Gasteiger partial charge on any atom is 0.254 e. The van der Waals surface area contributed by atoms with Crippen LogP contribution in [-0.2, 0) is 0 Å². The number of carbonyl (C=O) groups excluding carboxylic acids is 1. The average molecular weight is 261 g/mol. The first-order valence-electron chi connectivity index (χ1n) is 7.12. The Kier molecular flexibility index (Phi) is 4.40. The number of hydrogen-bond acceptors (Lipinski definition) is 3. The van der Waals surface area contributed by atoms with Crippen LogP contribution in [0, 0.1) is 5.92 Å². The molecule has 2 unspecified atom stereocenters. The van der Waals surface area contributed by atoms with Gasteiger partial charge in [0.2, 0.25) is 0 Å². The summed E-state index contributed by atoms with van der Waals surface area (Å²) < 4.78 is 0. The smallest absolute Gasteiger partial charge is 0.254 e. The third-order valence-electron chi connectivity index (χ3n) is 3.61. The molecule has 0 spiro atoms. The van der Waals surface area contributed by atoms with Crippen LogP contribution in [0.25, 0.3) is 0 Å². The second-order valence-electron chi connectivity index (χ2n) is 5.50. The van der Waals surface area contributed by atoms with Gasteiger partial charge in [-0.05, 0) is 37.8 Å². The van der Waals surface area contributed by atoms with Crippen molar-refractivity contribution >= 4 is 11.7 Å². The molecule has 1 aliphatic rings. The fraction of sp³-hybridized carbons (Fsp3) is 0.600. The van der Waals surface area contributed by atoms with E-state index in [1.807, 2.05) is 11.0 Å². The molecule has 1 aliphatic heterocycles. The number of anilines is 1. The van der Waals surface area contributed by atoms with Crippen molar-refractivity contribution in [3.05, 3.63) is 23.9 Å². The molecule has 1 amide bonds. The second-order valence-corrected chi connectivity index (χ2v) is 5.50. The van der Waals surface area contributed by atoms with Gasteiger partial charge in [0.05, 0.1) is 0 Å². The van der Waals surface area contributed by atoms with Gasteiger partial charge in [-0.25, -0.2) is 4.98 Å². The van der Waals surface area contributed by atoms with Crippen LogP contribution in [0.3, 0.4) is 0 Å². The highest BCUT2D eigenvalue weighted by molar-refractivity contribution is 5.95. The Hall–Kier alpha value is -1.58. The van der Waals surface area contributed by atoms with Crippen LogP contribution in [0.15, 0.2) is 18.3 Å². The van der Waals surface area contributed by atoms with E-state index >= 15 is 0 Å². The summed E-state index contributed by atoms with van der Waals surface area (Å²) in [6.45, 7) is 8.17. The lowest BCUT2D eigenvalue weighted by molar-refractivity contribution is 0.0743. The maximum absolute atomic E-state index is 12.5. The summed E-state index contributed by atoms with van der Waals surface area (Å²) in [5, 5.41) is 3.22. The molecule has 104 valence electrons. The highest BCUT2D eigenvalue weighted by Gasteiger charge is 2.30. The lowest BCUT2D eigenvalue weighted by Gasteiger charge is -2.21. The van der Waals surface area contributed by atoms with Gasteiger partial charge in [0, 0.05) is 30.9 Å². The Labute approximate surface area is 115 Å². The van der Waals surface area contributed by atoms with E-state index in [9.17, 15) is 4.79 Å². The number of likely N-dealkylation sites (tertiary alicyclic amines) is 1. The standard InChI is InChI=1S/C15H23N3O/c1-4-6-16-14-9-13(5-7-17-14)15(19)18-10-11(2)8-12(18)3/h5,7,9,11-12H,4,6,8,10H2,1-3H3,(H,16,17). The summed E-state index contributed by atoms with van der Waals surface area (Å²) in [5.74, 6) is 1.50. The molecule has 0 aromatic carbocycles. The van der Waals surface area contributed by atoms with Gasteiger partial charge in [-0.3, -0.25) is 4.79 Å². The molecule has 0 saturated carbocycles. The quantitative estimate of drug-likeness (QED) is 0.906. The van der Waals surface area contributed by atoms with Crippen molar-refractivity contribution in [1.29, 1.82) is 0 Å². The Morgan fingerprint density at radius 3 is 2.95 bits per heavy atom. The van der Waals surface area contributed by atoms with E-state index in [-0.39, 0.29) is 5.91 Å². The lowest BCUT2D eigenvalue weighted by Crippen LogP contribution is -2.34. The third kappa shape index (κ3) is 3.25. The van der Waals surface area contributed by atoms with Gasteiger partial charge in [-0.1, -0.05) is 13.8 Å². The van der Waals surface area contributed by atoms with E-state index in [2.05, 4.69) is 31.1 Å². The number of amides is 1. The molecular weight excluding hydrogens is 238 g/mol. The largest absolute Gasteiger partial charge is 0.370 e. The van der Waals surface area contributed by atoms with Gasteiger partial charge in [0.15, 0.2) is 0 Å². The number of pyridine rings is 1. The Morgan fingerprint density at radius 2 is 2.32 bits per heavy atom. The maximum atomic E-state index is 12.5. The van der Waals surface area contributed by atoms with Gasteiger partial charge >= 0.3 is 0 Å². The molecule has 1 aromatic rings. The Bertz CT molecular complexity index is 447. The summed E-state index contributed by atoms with van der Waals surface area (Å²) in [4.78, 5) is 18.7. The van der Waals surface area contributed by atoms with Gasteiger partial charge in [0.1, 0.15) is 5.82 Å². The van der Waals surface area contributed by atoms with E-state index in [0.29, 0.717) is 12.0 Å². The van der Waals surface area contributed by atoms with Gasteiger partial charge in [-0.15, -0.1) is 0 Å². The van der Waals surface area contributed by atoms with Gasteiger partial charge in [0.25, 0.3) is 5.91 Å². The third-order valence-corrected chi connectivity index (χ3v) is 3.61. The monoisotopic (exact) mass is 261 g/mol. The van der Waals surface area contributed by atoms with Crippen molar-refractivity contribution in [2.45, 2.75) is 39.7 Å². The van der Waals surface area contributed by atoms with Crippen LogP contribution >= 0.6 is 0 Å². The van der Waals surface area contributed by atoms with Crippen molar-refractivity contribution in [3.8, 4) is 0 Å². The average Bonchev–Trinajstić information content (AvgIpc) is 2.75. The minimum atomic E-state index is 0.124. The molecule has 0 aliphatic carbocycles. The van der Waals surface area contributed by atoms with Crippen LogP contribution in [0.2, 0.25) is 0 Å². The molecule has 2 atom stereocenters. The molecule has 4 heteroatoms. The first-order valence-corrected chi connectivity index (χ1v) is 7.12. The fourth-order valence-electron chi connectivity index (χ4n) is 2.66. The van der Waals surface area contributed by atoms with Crippen molar-refractivity contribution in [1.82, 2.24) is 9.88 Å². The molecule has 4 nitrogen and oxygen atoms in total. The van der Waals surface area contributed by atoms with E-state index in [1.165, 1.54) is 0 Å². The van der Waals surface area contributed by atoms with Crippen molar-refractivity contribution < 1.29 is 4.79 Å². The highest BCUT2D eigenvalue weighted by atomic mass is 16.2. The van der Waals surface area contributed by atoms with E-state index in [4.69, 9.17) is 0 Å². The summed E-state index contributed by atoms with van der Waals surface area (Å²) in [6, 6.07) is 3.99. The molecule has 0 bridgehead atoms. The lowest BCUT2D eigenvalue weighted by atomic mass is 10.1. The molecule has 1 fully saturated rings. The summed E-state index contributed by atoms with van der Waals surface area (Å²) in [6.07, 6.45) is 3.84. The molecule has 1 aromatic heterocycles. The predicted molar refractivity (Wildman–Crippen MR) is 77.3 cm³/mol. The van der Waals surface area contributed by atoms with Crippen LogP contribution in [-0.4, -0.2) is 34.9 Å². The molecule has 2 heterocycles. The van der Waals surface area contributed by atoms with Crippen LogP contribution < -0.4 is 5.32 Å². The molecule has 2 rings (SSSR count). The normalized spacial score (nSPS) is 22.6. The number of aromatic nitrogens is 1. The number of nitrogens with zero attached hydrogens (tertiary/aromatic N) is 2. The molecule has 19 heavy (non-hydrogen) atoms. The topological polar surface area (TPSA) is 45.2 Å². The van der Waals surface area contributed by atoms with Crippen LogP contribution in [0.4, 0.5) is 5.82 Å². The van der Waals surface area contributed by atoms with E-state index in [0.717, 1.165) is 37.3 Å².